The zero-order chi connectivity index (χ0) is 17.0. The molecule has 0 unspecified atom stereocenters. The van der Waals surface area contributed by atoms with Crippen molar-refractivity contribution in [2.75, 3.05) is 0 Å². The van der Waals surface area contributed by atoms with E-state index < -0.39 is 5.97 Å². The number of unbranched alkanes of at least 4 members (excludes halogenated alkanes) is 5. The fourth-order valence-electron chi connectivity index (χ4n) is 2.11. The molecule has 0 fully saturated rings. The minimum absolute atomic E-state index is 0.262. The Bertz CT molecular complexity index is 375. The van der Waals surface area contributed by atoms with E-state index in [-0.39, 0.29) is 6.42 Å². The first-order valence-corrected chi connectivity index (χ1v) is 9.09. The van der Waals surface area contributed by atoms with E-state index in [1.807, 2.05) is 0 Å². The third kappa shape index (κ3) is 20.4. The summed E-state index contributed by atoms with van der Waals surface area (Å²) in [4.78, 5) is 10.3. The van der Waals surface area contributed by atoms with Crippen LogP contribution in [0.15, 0.2) is 48.6 Å². The van der Waals surface area contributed by atoms with Crippen molar-refractivity contribution >= 4 is 5.97 Å². The molecule has 0 aliphatic carbocycles. The lowest BCUT2D eigenvalue weighted by molar-refractivity contribution is -0.137. The topological polar surface area (TPSA) is 37.3 Å². The molecule has 2 heteroatoms. The first-order chi connectivity index (χ1) is 11.3. The monoisotopic (exact) mass is 318 g/mol. The second-order valence-corrected chi connectivity index (χ2v) is 5.73. The number of aliphatic carboxylic acids is 1. The molecule has 0 aromatic carbocycles. The third-order valence-corrected chi connectivity index (χ3v) is 3.47. The quantitative estimate of drug-likeness (QED) is 0.272. The van der Waals surface area contributed by atoms with Gasteiger partial charge in [-0.25, -0.2) is 0 Å². The Hall–Kier alpha value is -1.57. The van der Waals surface area contributed by atoms with Crippen LogP contribution in [-0.4, -0.2) is 11.1 Å². The first-order valence-electron chi connectivity index (χ1n) is 9.09. The van der Waals surface area contributed by atoms with Crippen LogP contribution in [-0.2, 0) is 4.79 Å². The summed E-state index contributed by atoms with van der Waals surface area (Å²) in [7, 11) is 0. The molecule has 0 bridgehead atoms. The summed E-state index contributed by atoms with van der Waals surface area (Å²) < 4.78 is 0. The van der Waals surface area contributed by atoms with E-state index in [4.69, 9.17) is 5.11 Å². The Morgan fingerprint density at radius 1 is 0.696 bits per heavy atom. The van der Waals surface area contributed by atoms with Gasteiger partial charge in [0.2, 0.25) is 0 Å². The molecule has 0 aliphatic rings. The molecule has 0 saturated heterocycles. The highest BCUT2D eigenvalue weighted by molar-refractivity contribution is 5.66. The maximum atomic E-state index is 10.3. The van der Waals surface area contributed by atoms with E-state index in [9.17, 15) is 4.79 Å². The molecule has 0 aliphatic heterocycles. The molecule has 0 rings (SSSR count). The highest BCUT2D eigenvalue weighted by atomic mass is 16.4. The van der Waals surface area contributed by atoms with Crippen molar-refractivity contribution < 1.29 is 9.90 Å². The number of hydrogen-bond donors (Lipinski definition) is 1. The van der Waals surface area contributed by atoms with Gasteiger partial charge in [0.25, 0.3) is 0 Å². The van der Waals surface area contributed by atoms with Gasteiger partial charge in [-0.05, 0) is 44.9 Å². The van der Waals surface area contributed by atoms with Crippen molar-refractivity contribution in [1.82, 2.24) is 0 Å². The van der Waals surface area contributed by atoms with Crippen molar-refractivity contribution in [3.63, 3.8) is 0 Å². The van der Waals surface area contributed by atoms with Gasteiger partial charge < -0.3 is 5.11 Å². The Morgan fingerprint density at radius 3 is 1.65 bits per heavy atom. The lowest BCUT2D eigenvalue weighted by atomic mass is 10.1. The summed E-state index contributed by atoms with van der Waals surface area (Å²) in [5, 5.41) is 8.50. The van der Waals surface area contributed by atoms with Gasteiger partial charge in [0, 0.05) is 6.42 Å². The van der Waals surface area contributed by atoms with Crippen LogP contribution in [0.1, 0.15) is 77.6 Å². The highest BCUT2D eigenvalue weighted by Crippen LogP contribution is 2.03. The molecule has 0 aromatic heterocycles. The molecule has 0 spiro atoms. The molecule has 0 atom stereocenters. The van der Waals surface area contributed by atoms with Crippen molar-refractivity contribution in [3.05, 3.63) is 48.6 Å². The van der Waals surface area contributed by atoms with Gasteiger partial charge in [-0.1, -0.05) is 74.8 Å². The van der Waals surface area contributed by atoms with Crippen LogP contribution in [0, 0.1) is 0 Å². The van der Waals surface area contributed by atoms with Gasteiger partial charge in [-0.15, -0.1) is 0 Å². The summed E-state index contributed by atoms with van der Waals surface area (Å²) in [5.41, 5.74) is 0. The Morgan fingerprint density at radius 2 is 1.17 bits per heavy atom. The van der Waals surface area contributed by atoms with Gasteiger partial charge in [0.15, 0.2) is 0 Å². The molecule has 1 N–H and O–H groups in total. The maximum Gasteiger partial charge on any atom is 0.303 e. The smallest absolute Gasteiger partial charge is 0.303 e. The third-order valence-electron chi connectivity index (χ3n) is 3.47. The van der Waals surface area contributed by atoms with E-state index in [1.54, 1.807) is 0 Å². The maximum absolute atomic E-state index is 10.3. The molecular weight excluding hydrogens is 284 g/mol. The standard InChI is InChI=1S/C21H34O2/c1-2-3-4-5-6-7-8-9-10-11-12-13-14-15-16-17-18-19-20-21(22)23/h7-8,10-11,13-14,16-17H,2-6,9,12,15,18-20H2,1H3,(H,22,23)/b8-7-,11-10-,14-13-,17-16-. The van der Waals surface area contributed by atoms with E-state index in [2.05, 4.69) is 55.5 Å². The average molecular weight is 319 g/mol. The molecule has 2 nitrogen and oxygen atoms in total. The van der Waals surface area contributed by atoms with E-state index in [1.165, 1.54) is 32.1 Å². The largest absolute Gasteiger partial charge is 0.481 e. The van der Waals surface area contributed by atoms with Gasteiger partial charge in [-0.3, -0.25) is 4.79 Å². The van der Waals surface area contributed by atoms with Crippen molar-refractivity contribution in [3.8, 4) is 0 Å². The molecule has 23 heavy (non-hydrogen) atoms. The number of allylic oxidation sites excluding steroid dienone is 8. The Kier molecular flexibility index (Phi) is 17.2. The van der Waals surface area contributed by atoms with Crippen LogP contribution >= 0.6 is 0 Å². The molecule has 0 saturated carbocycles. The zero-order valence-electron chi connectivity index (χ0n) is 14.8. The van der Waals surface area contributed by atoms with Crippen molar-refractivity contribution in [2.45, 2.75) is 77.6 Å². The summed E-state index contributed by atoms with van der Waals surface area (Å²) in [6, 6.07) is 0. The number of carboxylic acid groups (broad SMARTS) is 1. The van der Waals surface area contributed by atoms with Crippen LogP contribution in [0.2, 0.25) is 0 Å². The fraction of sp³-hybridized carbons (Fsp3) is 0.571. The van der Waals surface area contributed by atoms with Gasteiger partial charge in [0.1, 0.15) is 0 Å². The summed E-state index contributed by atoms with van der Waals surface area (Å²) in [6.45, 7) is 2.24. The van der Waals surface area contributed by atoms with E-state index in [0.29, 0.717) is 0 Å². The minimum atomic E-state index is -0.712. The molecule has 0 aromatic rings. The van der Waals surface area contributed by atoms with Crippen LogP contribution in [0.5, 0.6) is 0 Å². The molecule has 0 heterocycles. The molecular formula is C21H34O2. The predicted octanol–water partition coefficient (Wildman–Crippen LogP) is 6.61. The summed E-state index contributed by atoms with van der Waals surface area (Å²) in [5.74, 6) is -0.712. The Balaban J connectivity index is 3.39. The highest BCUT2D eigenvalue weighted by Gasteiger charge is 1.92. The lowest BCUT2D eigenvalue weighted by Gasteiger charge is -1.93. The number of carbonyl (C=O) groups is 1. The van der Waals surface area contributed by atoms with Crippen LogP contribution in [0.3, 0.4) is 0 Å². The van der Waals surface area contributed by atoms with Crippen LogP contribution < -0.4 is 0 Å². The lowest BCUT2D eigenvalue weighted by Crippen LogP contribution is -1.92. The van der Waals surface area contributed by atoms with Crippen molar-refractivity contribution in [1.29, 1.82) is 0 Å². The second kappa shape index (κ2) is 18.5. The summed E-state index contributed by atoms with van der Waals surface area (Å²) in [6.07, 6.45) is 28.8. The zero-order valence-corrected chi connectivity index (χ0v) is 14.8. The van der Waals surface area contributed by atoms with Crippen molar-refractivity contribution in [2.24, 2.45) is 0 Å². The number of rotatable bonds is 15. The van der Waals surface area contributed by atoms with Crippen LogP contribution in [0.25, 0.3) is 0 Å². The molecule has 130 valence electrons. The summed E-state index contributed by atoms with van der Waals surface area (Å²) >= 11 is 0. The molecule has 0 amide bonds. The second-order valence-electron chi connectivity index (χ2n) is 5.73. The van der Waals surface area contributed by atoms with Gasteiger partial charge in [0.05, 0.1) is 0 Å². The SMILES string of the molecule is CCCCCC/C=C\C/C=C\C/C=C\C/C=C\CCCC(=O)O. The fourth-order valence-corrected chi connectivity index (χ4v) is 2.11. The van der Waals surface area contributed by atoms with Gasteiger partial charge >= 0.3 is 5.97 Å². The Labute approximate surface area is 142 Å². The first kappa shape index (κ1) is 21.4. The number of hydrogen-bond acceptors (Lipinski definition) is 1. The molecule has 0 radical (unpaired) electrons. The van der Waals surface area contributed by atoms with E-state index in [0.717, 1.165) is 32.1 Å². The normalized spacial score (nSPS) is 12.4. The minimum Gasteiger partial charge on any atom is -0.481 e. The van der Waals surface area contributed by atoms with E-state index >= 15 is 0 Å². The van der Waals surface area contributed by atoms with Gasteiger partial charge in [-0.2, -0.15) is 0 Å². The predicted molar refractivity (Wildman–Crippen MR) is 101 cm³/mol. The average Bonchev–Trinajstić information content (AvgIpc) is 2.53. The van der Waals surface area contributed by atoms with Crippen LogP contribution in [0.4, 0.5) is 0 Å². The number of carboxylic acids is 1.